The number of nitrogens with zero attached hydrogens (tertiary/aromatic N) is 2. The van der Waals surface area contributed by atoms with Crippen molar-refractivity contribution in [2.45, 2.75) is 0 Å². The Balaban J connectivity index is 1.32. The lowest BCUT2D eigenvalue weighted by atomic mass is 9.88. The van der Waals surface area contributed by atoms with Crippen molar-refractivity contribution < 1.29 is 0 Å². The summed E-state index contributed by atoms with van der Waals surface area (Å²) in [7, 11) is 0. The van der Waals surface area contributed by atoms with E-state index in [4.69, 9.17) is 0 Å². The maximum atomic E-state index is 4.45. The summed E-state index contributed by atoms with van der Waals surface area (Å²) in [5.74, 6) is 0. The van der Waals surface area contributed by atoms with Crippen LogP contribution in [0.1, 0.15) is 0 Å². The first-order valence-electron chi connectivity index (χ1n) is 13.4. The molecule has 1 aliphatic carbocycles. The molecule has 0 N–H and O–H groups in total. The van der Waals surface area contributed by atoms with Crippen LogP contribution in [0.5, 0.6) is 0 Å². The van der Waals surface area contributed by atoms with E-state index in [1.54, 1.807) is 0 Å². The quantitative estimate of drug-likeness (QED) is 0.219. The van der Waals surface area contributed by atoms with Crippen LogP contribution in [-0.4, -0.2) is 9.55 Å². The predicted octanol–water partition coefficient (Wildman–Crippen LogP) is 9.80. The Hall–Kier alpha value is -5.21. The summed E-state index contributed by atoms with van der Waals surface area (Å²) in [6.07, 6.45) is 3.85. The molecule has 0 aliphatic heterocycles. The highest BCUT2D eigenvalue weighted by atomic mass is 15.0. The van der Waals surface area contributed by atoms with E-state index in [1.807, 2.05) is 12.4 Å². The lowest BCUT2D eigenvalue weighted by Gasteiger charge is -2.16. The molecule has 9 rings (SSSR count). The van der Waals surface area contributed by atoms with Gasteiger partial charge in [-0.2, -0.15) is 0 Å². The molecule has 2 nitrogen and oxygen atoms in total. The van der Waals surface area contributed by atoms with Gasteiger partial charge in [-0.3, -0.25) is 4.98 Å². The summed E-state index contributed by atoms with van der Waals surface area (Å²) in [5, 5.41) is 7.76. The second-order valence-electron chi connectivity index (χ2n) is 10.4. The number of fused-ring (bicyclic) bond motifs is 8. The second-order valence-corrected chi connectivity index (χ2v) is 10.4. The molecule has 0 saturated carbocycles. The number of hydrogen-bond acceptors (Lipinski definition) is 1. The fourth-order valence-corrected chi connectivity index (χ4v) is 6.85. The standard InChI is InChI=1S/C37H22N2/c1-2-10-28-25(8-1)29-13-7-14-32-35(30-11-3-4-12-31(30)36(28)37(29)32)23-16-18-24(19-17-23)39-33-15-6-5-9-26(33)27-20-21-38-22-34(27)39/h1-22H. The van der Waals surface area contributed by atoms with Gasteiger partial charge in [0.2, 0.25) is 0 Å². The summed E-state index contributed by atoms with van der Waals surface area (Å²) >= 11 is 0. The van der Waals surface area contributed by atoms with Crippen molar-refractivity contribution in [3.8, 4) is 39.1 Å². The van der Waals surface area contributed by atoms with E-state index in [0.29, 0.717) is 0 Å². The van der Waals surface area contributed by atoms with Gasteiger partial charge in [-0.05, 0) is 79.2 Å². The SMILES string of the molecule is c1ccc2c(c1)-c1cccc3c(-c4ccc(-n5c6ccccc6c6ccncc65)cc4)c4ccccc4c-2c13. The molecule has 0 unspecified atom stereocenters. The molecule has 2 heterocycles. The molecule has 0 atom stereocenters. The van der Waals surface area contributed by atoms with Gasteiger partial charge in [0, 0.05) is 22.7 Å². The first-order valence-corrected chi connectivity index (χ1v) is 13.4. The fourth-order valence-electron chi connectivity index (χ4n) is 6.85. The molecule has 0 saturated heterocycles. The van der Waals surface area contributed by atoms with E-state index in [2.05, 4.69) is 131 Å². The van der Waals surface area contributed by atoms with Crippen LogP contribution < -0.4 is 0 Å². The molecule has 2 heteroatoms. The zero-order valence-electron chi connectivity index (χ0n) is 21.1. The van der Waals surface area contributed by atoms with Crippen molar-refractivity contribution in [3.05, 3.63) is 134 Å². The van der Waals surface area contributed by atoms with Gasteiger partial charge in [-0.1, -0.05) is 97.1 Å². The van der Waals surface area contributed by atoms with Crippen molar-refractivity contribution in [3.63, 3.8) is 0 Å². The van der Waals surface area contributed by atoms with Crippen molar-refractivity contribution >= 4 is 43.4 Å². The first kappa shape index (κ1) is 20.8. The molecule has 0 radical (unpaired) electrons. The minimum absolute atomic E-state index is 1.13. The van der Waals surface area contributed by atoms with E-state index in [-0.39, 0.29) is 0 Å². The largest absolute Gasteiger partial charge is 0.308 e. The molecule has 39 heavy (non-hydrogen) atoms. The lowest BCUT2D eigenvalue weighted by molar-refractivity contribution is 1.17. The molecule has 2 aromatic heterocycles. The van der Waals surface area contributed by atoms with Crippen LogP contribution in [0.2, 0.25) is 0 Å². The number of aromatic nitrogens is 2. The van der Waals surface area contributed by atoms with E-state index < -0.39 is 0 Å². The Morgan fingerprint density at radius 2 is 1.08 bits per heavy atom. The third kappa shape index (κ3) is 2.73. The Morgan fingerprint density at radius 3 is 1.92 bits per heavy atom. The number of para-hydroxylation sites is 1. The van der Waals surface area contributed by atoms with Crippen molar-refractivity contribution in [2.75, 3.05) is 0 Å². The number of benzene rings is 6. The van der Waals surface area contributed by atoms with E-state index in [1.165, 1.54) is 71.2 Å². The minimum Gasteiger partial charge on any atom is -0.308 e. The monoisotopic (exact) mass is 494 g/mol. The zero-order chi connectivity index (χ0) is 25.5. The van der Waals surface area contributed by atoms with Gasteiger partial charge in [0.25, 0.3) is 0 Å². The summed E-state index contributed by atoms with van der Waals surface area (Å²) in [5.41, 5.74) is 11.4. The van der Waals surface area contributed by atoms with Crippen LogP contribution in [0.15, 0.2) is 134 Å². The van der Waals surface area contributed by atoms with Gasteiger partial charge in [0.1, 0.15) is 0 Å². The smallest absolute Gasteiger partial charge is 0.0724 e. The summed E-state index contributed by atoms with van der Waals surface area (Å²) in [6.45, 7) is 0. The molecular formula is C37H22N2. The van der Waals surface area contributed by atoms with E-state index >= 15 is 0 Å². The van der Waals surface area contributed by atoms with Crippen molar-refractivity contribution in [1.82, 2.24) is 9.55 Å². The van der Waals surface area contributed by atoms with Crippen LogP contribution in [-0.2, 0) is 0 Å². The average molecular weight is 495 g/mol. The van der Waals surface area contributed by atoms with Crippen LogP contribution in [0.3, 0.4) is 0 Å². The molecule has 8 aromatic rings. The molecule has 0 bridgehead atoms. The molecule has 0 amide bonds. The third-order valence-electron chi connectivity index (χ3n) is 8.43. The van der Waals surface area contributed by atoms with Crippen molar-refractivity contribution in [1.29, 1.82) is 0 Å². The van der Waals surface area contributed by atoms with Gasteiger partial charge in [-0.15, -0.1) is 0 Å². The van der Waals surface area contributed by atoms with E-state index in [0.717, 1.165) is 11.2 Å². The Bertz CT molecular complexity index is 2220. The minimum atomic E-state index is 1.13. The van der Waals surface area contributed by atoms with Gasteiger partial charge in [-0.25, -0.2) is 0 Å². The maximum Gasteiger partial charge on any atom is 0.0724 e. The van der Waals surface area contributed by atoms with Gasteiger partial charge < -0.3 is 4.57 Å². The van der Waals surface area contributed by atoms with Gasteiger partial charge >= 0.3 is 0 Å². The molecule has 6 aromatic carbocycles. The summed E-state index contributed by atoms with van der Waals surface area (Å²) in [6, 6.07) is 44.3. The maximum absolute atomic E-state index is 4.45. The second kappa shape index (κ2) is 7.66. The van der Waals surface area contributed by atoms with Crippen LogP contribution in [0.25, 0.3) is 82.4 Å². The van der Waals surface area contributed by atoms with Crippen LogP contribution >= 0.6 is 0 Å². The molecule has 0 spiro atoms. The Morgan fingerprint density at radius 1 is 0.436 bits per heavy atom. The Kier molecular flexibility index (Phi) is 4.08. The highest BCUT2D eigenvalue weighted by Gasteiger charge is 2.25. The number of pyridine rings is 1. The number of rotatable bonds is 2. The number of hydrogen-bond donors (Lipinski definition) is 0. The fraction of sp³-hybridized carbons (Fsp3) is 0. The third-order valence-corrected chi connectivity index (χ3v) is 8.43. The van der Waals surface area contributed by atoms with E-state index in [9.17, 15) is 0 Å². The molecule has 0 fully saturated rings. The van der Waals surface area contributed by atoms with Crippen LogP contribution in [0, 0.1) is 0 Å². The first-order chi connectivity index (χ1) is 19.4. The van der Waals surface area contributed by atoms with Crippen molar-refractivity contribution in [2.24, 2.45) is 0 Å². The van der Waals surface area contributed by atoms with Crippen LogP contribution in [0.4, 0.5) is 0 Å². The highest BCUT2D eigenvalue weighted by Crippen LogP contribution is 2.53. The topological polar surface area (TPSA) is 17.8 Å². The summed E-state index contributed by atoms with van der Waals surface area (Å²) < 4.78 is 2.32. The van der Waals surface area contributed by atoms with Gasteiger partial charge in [0.15, 0.2) is 0 Å². The predicted molar refractivity (Wildman–Crippen MR) is 163 cm³/mol. The zero-order valence-corrected chi connectivity index (χ0v) is 21.1. The lowest BCUT2D eigenvalue weighted by Crippen LogP contribution is -1.94. The summed E-state index contributed by atoms with van der Waals surface area (Å²) in [4.78, 5) is 4.45. The normalized spacial score (nSPS) is 12.1. The Labute approximate surface area is 225 Å². The molecular weight excluding hydrogens is 472 g/mol. The molecule has 1 aliphatic rings. The average Bonchev–Trinajstić information content (AvgIpc) is 3.52. The highest BCUT2D eigenvalue weighted by molar-refractivity contribution is 6.29. The molecule has 180 valence electrons. The van der Waals surface area contributed by atoms with Gasteiger partial charge in [0.05, 0.1) is 17.2 Å².